The Labute approximate surface area is 190 Å². The van der Waals surface area contributed by atoms with Crippen LogP contribution in [0.15, 0.2) is 54.5 Å². The third kappa shape index (κ3) is 6.33. The molecule has 0 amide bonds. The topological polar surface area (TPSA) is 18.5 Å². The van der Waals surface area contributed by atoms with Gasteiger partial charge in [-0.05, 0) is 53.5 Å². The number of rotatable bonds is 6. The average Bonchev–Trinajstić information content (AvgIpc) is 2.60. The molecule has 0 fully saturated rings. The van der Waals surface area contributed by atoms with Crippen LogP contribution in [0.5, 0.6) is 0 Å². The first-order chi connectivity index (χ1) is 14.0. The first-order valence-corrected chi connectivity index (χ1v) is 16.8. The lowest BCUT2D eigenvalue weighted by molar-refractivity contribution is 0.201. The number of halogens is 1. The minimum atomic E-state index is -2.12. The lowest BCUT2D eigenvalue weighted by Gasteiger charge is -2.41. The van der Waals surface area contributed by atoms with Crippen molar-refractivity contribution in [2.45, 2.75) is 77.8 Å². The van der Waals surface area contributed by atoms with Crippen LogP contribution in [0.1, 0.15) is 47.1 Å². The summed E-state index contributed by atoms with van der Waals surface area (Å²) in [5.41, 5.74) is 2.20. The Morgan fingerprint density at radius 1 is 0.774 bits per heavy atom. The first kappa shape index (κ1) is 25.4. The predicted molar refractivity (Wildman–Crippen MR) is 136 cm³/mol. The average molecular weight is 459 g/mol. The van der Waals surface area contributed by atoms with Crippen LogP contribution in [0, 0.1) is 5.82 Å². The summed E-state index contributed by atoms with van der Waals surface area (Å²) in [5, 5.41) is 0.0661. The van der Waals surface area contributed by atoms with Crippen LogP contribution in [-0.4, -0.2) is 16.6 Å². The molecule has 0 aromatic heterocycles. The van der Waals surface area contributed by atoms with Crippen molar-refractivity contribution in [2.75, 3.05) is 0 Å². The molecule has 0 saturated carbocycles. The zero-order valence-corrected chi connectivity index (χ0v) is 22.9. The maximum atomic E-state index is 14.9. The van der Waals surface area contributed by atoms with E-state index in [4.69, 9.17) is 8.85 Å². The molecule has 5 heteroatoms. The van der Waals surface area contributed by atoms with Gasteiger partial charge in [0.1, 0.15) is 5.82 Å². The van der Waals surface area contributed by atoms with Gasteiger partial charge in [-0.25, -0.2) is 4.39 Å². The second-order valence-electron chi connectivity index (χ2n) is 11.3. The molecule has 0 N–H and O–H groups in total. The standard InChI is InChI=1S/C26H39FO2Si2/c1-25(2,3)30(7,8)28-24(29-31(9,10)26(4,5)6)19-20-16-17-22(23(27)18-20)21-14-12-11-13-15-21/h11-19H,1-10H3. The summed E-state index contributed by atoms with van der Waals surface area (Å²) in [6.45, 7) is 22.0. The summed E-state index contributed by atoms with van der Waals surface area (Å²) in [6.07, 6.45) is 1.86. The highest BCUT2D eigenvalue weighted by Crippen LogP contribution is 2.42. The Hall–Kier alpha value is -1.86. The zero-order chi connectivity index (χ0) is 23.7. The van der Waals surface area contributed by atoms with Crippen LogP contribution < -0.4 is 0 Å². The maximum Gasteiger partial charge on any atom is 0.254 e. The van der Waals surface area contributed by atoms with Gasteiger partial charge in [0.25, 0.3) is 22.6 Å². The maximum absolute atomic E-state index is 14.9. The van der Waals surface area contributed by atoms with Crippen molar-refractivity contribution in [3.8, 4) is 11.1 Å². The van der Waals surface area contributed by atoms with E-state index in [1.807, 2.05) is 48.5 Å². The molecule has 0 atom stereocenters. The third-order valence-electron chi connectivity index (χ3n) is 6.69. The Morgan fingerprint density at radius 2 is 1.26 bits per heavy atom. The van der Waals surface area contributed by atoms with Gasteiger partial charge in [0.2, 0.25) is 0 Å². The van der Waals surface area contributed by atoms with Crippen molar-refractivity contribution in [3.05, 3.63) is 65.9 Å². The molecule has 2 nitrogen and oxygen atoms in total. The van der Waals surface area contributed by atoms with E-state index in [0.29, 0.717) is 11.5 Å². The molecule has 2 aromatic rings. The fraction of sp³-hybridized carbons (Fsp3) is 0.462. The monoisotopic (exact) mass is 458 g/mol. The van der Waals surface area contributed by atoms with E-state index in [1.165, 1.54) is 0 Å². The first-order valence-electron chi connectivity index (χ1n) is 11.0. The summed E-state index contributed by atoms with van der Waals surface area (Å²) in [4.78, 5) is 0. The second-order valence-corrected chi connectivity index (χ2v) is 20.7. The van der Waals surface area contributed by atoms with Crippen LogP contribution in [-0.2, 0) is 8.85 Å². The largest absolute Gasteiger partial charge is 0.520 e. The molecule has 31 heavy (non-hydrogen) atoms. The van der Waals surface area contributed by atoms with E-state index in [1.54, 1.807) is 6.07 Å². The van der Waals surface area contributed by atoms with Crippen molar-refractivity contribution in [1.82, 2.24) is 0 Å². The molecule has 0 unspecified atom stereocenters. The van der Waals surface area contributed by atoms with Gasteiger partial charge in [-0.3, -0.25) is 0 Å². The molecule has 0 saturated heterocycles. The van der Waals surface area contributed by atoms with Crippen LogP contribution in [0.25, 0.3) is 17.2 Å². The molecule has 170 valence electrons. The molecule has 0 spiro atoms. The lowest BCUT2D eigenvalue weighted by atomic mass is 10.0. The summed E-state index contributed by atoms with van der Waals surface area (Å²) in [5.74, 6) is 0.268. The van der Waals surface area contributed by atoms with Crippen LogP contribution in [0.2, 0.25) is 36.3 Å². The Balaban J connectivity index is 2.47. The van der Waals surface area contributed by atoms with Crippen LogP contribution >= 0.6 is 0 Å². The Kier molecular flexibility index (Phi) is 7.33. The SMILES string of the molecule is CC(C)(C)[Si](C)(C)OC(=Cc1ccc(-c2ccccc2)c(F)c1)O[Si](C)(C)C(C)(C)C. The molecule has 2 rings (SSSR count). The van der Waals surface area contributed by atoms with Gasteiger partial charge in [-0.1, -0.05) is 84.0 Å². The summed E-state index contributed by atoms with van der Waals surface area (Å²) in [6, 6.07) is 14.9. The van der Waals surface area contributed by atoms with Gasteiger partial charge in [-0.2, -0.15) is 0 Å². The summed E-state index contributed by atoms with van der Waals surface area (Å²) >= 11 is 0. The van der Waals surface area contributed by atoms with Gasteiger partial charge in [0.05, 0.1) is 0 Å². The number of hydrogen-bond donors (Lipinski definition) is 0. The number of hydrogen-bond acceptors (Lipinski definition) is 2. The van der Waals surface area contributed by atoms with Crippen LogP contribution in [0.4, 0.5) is 4.39 Å². The summed E-state index contributed by atoms with van der Waals surface area (Å²) < 4.78 is 28.1. The predicted octanol–water partition coefficient (Wildman–Crippen LogP) is 8.83. The minimum Gasteiger partial charge on any atom is -0.520 e. The molecule has 0 aliphatic carbocycles. The normalized spacial score (nSPS) is 13.0. The van der Waals surface area contributed by atoms with E-state index < -0.39 is 16.6 Å². The van der Waals surface area contributed by atoms with Gasteiger partial charge >= 0.3 is 0 Å². The molecular weight excluding hydrogens is 419 g/mol. The molecular formula is C26H39FO2Si2. The molecule has 0 aliphatic rings. The van der Waals surface area contributed by atoms with Gasteiger partial charge in [-0.15, -0.1) is 0 Å². The molecule has 0 heterocycles. The van der Waals surface area contributed by atoms with E-state index in [-0.39, 0.29) is 15.9 Å². The lowest BCUT2D eigenvalue weighted by Crippen LogP contribution is -2.45. The smallest absolute Gasteiger partial charge is 0.254 e. The Bertz CT molecular complexity index is 891. The molecule has 0 bridgehead atoms. The van der Waals surface area contributed by atoms with Gasteiger partial charge < -0.3 is 8.85 Å². The quantitative estimate of drug-likeness (QED) is 0.318. The van der Waals surface area contributed by atoms with Gasteiger partial charge in [0, 0.05) is 11.6 Å². The third-order valence-corrected chi connectivity index (χ3v) is 15.3. The van der Waals surface area contributed by atoms with Crippen LogP contribution in [0.3, 0.4) is 0 Å². The van der Waals surface area contributed by atoms with E-state index >= 15 is 0 Å². The highest BCUT2D eigenvalue weighted by atomic mass is 28.4. The van der Waals surface area contributed by atoms with Crippen molar-refractivity contribution in [2.24, 2.45) is 0 Å². The summed E-state index contributed by atoms with van der Waals surface area (Å²) in [7, 11) is -4.25. The highest BCUT2D eigenvalue weighted by Gasteiger charge is 2.43. The Morgan fingerprint density at radius 3 is 1.68 bits per heavy atom. The van der Waals surface area contributed by atoms with Crippen molar-refractivity contribution in [1.29, 1.82) is 0 Å². The molecule has 0 radical (unpaired) electrons. The second kappa shape index (κ2) is 8.95. The zero-order valence-electron chi connectivity index (χ0n) is 20.9. The highest BCUT2D eigenvalue weighted by molar-refractivity contribution is 6.75. The minimum absolute atomic E-state index is 0.0330. The molecule has 2 aromatic carbocycles. The van der Waals surface area contributed by atoms with E-state index in [2.05, 4.69) is 67.7 Å². The fourth-order valence-electron chi connectivity index (χ4n) is 2.50. The van der Waals surface area contributed by atoms with E-state index in [9.17, 15) is 4.39 Å². The van der Waals surface area contributed by atoms with E-state index in [0.717, 1.165) is 11.1 Å². The molecule has 0 aliphatic heterocycles. The number of benzene rings is 2. The van der Waals surface area contributed by atoms with Crippen molar-refractivity contribution >= 4 is 22.7 Å². The van der Waals surface area contributed by atoms with Gasteiger partial charge in [0.15, 0.2) is 0 Å². The van der Waals surface area contributed by atoms with Crippen molar-refractivity contribution in [3.63, 3.8) is 0 Å². The fourth-order valence-corrected chi connectivity index (χ4v) is 4.40. The van der Waals surface area contributed by atoms with Crippen molar-refractivity contribution < 1.29 is 13.2 Å².